The molecule has 2 aromatic heterocycles. The molecule has 1 amide bonds. The molecule has 1 aromatic carbocycles. The van der Waals surface area contributed by atoms with Crippen molar-refractivity contribution in [3.8, 4) is 0 Å². The van der Waals surface area contributed by atoms with Crippen molar-refractivity contribution < 1.29 is 9.53 Å². The summed E-state index contributed by atoms with van der Waals surface area (Å²) in [5.41, 5.74) is 3.73. The van der Waals surface area contributed by atoms with Crippen LogP contribution in [-0.2, 0) is 11.8 Å². The lowest BCUT2D eigenvalue weighted by Gasteiger charge is -2.29. The summed E-state index contributed by atoms with van der Waals surface area (Å²) in [5, 5.41) is 5.04. The summed E-state index contributed by atoms with van der Waals surface area (Å²) in [4.78, 5) is 22.2. The maximum Gasteiger partial charge on any atom is 0.280 e. The fourth-order valence-corrected chi connectivity index (χ4v) is 4.52. The van der Waals surface area contributed by atoms with Crippen molar-refractivity contribution in [3.05, 3.63) is 41.2 Å². The third-order valence-corrected chi connectivity index (χ3v) is 6.30. The predicted molar refractivity (Wildman–Crippen MR) is 111 cm³/mol. The van der Waals surface area contributed by atoms with Gasteiger partial charge >= 0.3 is 0 Å². The normalized spacial score (nSPS) is 15.2. The van der Waals surface area contributed by atoms with Gasteiger partial charge in [-0.3, -0.25) is 19.3 Å². The molecule has 0 saturated carbocycles. The van der Waals surface area contributed by atoms with E-state index in [-0.39, 0.29) is 5.91 Å². The minimum absolute atomic E-state index is 0.108. The molecule has 1 aliphatic heterocycles. The van der Waals surface area contributed by atoms with Crippen LogP contribution in [0.2, 0.25) is 0 Å². The average molecular weight is 400 g/mol. The van der Waals surface area contributed by atoms with Gasteiger partial charge in [-0.25, -0.2) is 4.98 Å². The Hall–Kier alpha value is -2.29. The first-order chi connectivity index (χ1) is 13.5. The van der Waals surface area contributed by atoms with E-state index in [0.29, 0.717) is 12.2 Å². The number of aromatic nitrogens is 3. The number of nitrogens with zero attached hydrogens (tertiary/aromatic N) is 5. The zero-order valence-corrected chi connectivity index (χ0v) is 17.3. The van der Waals surface area contributed by atoms with Gasteiger partial charge in [0.15, 0.2) is 10.8 Å². The first kappa shape index (κ1) is 19.0. The summed E-state index contributed by atoms with van der Waals surface area (Å²) < 4.78 is 8.22. The second kappa shape index (κ2) is 7.98. The summed E-state index contributed by atoms with van der Waals surface area (Å²) in [6, 6.07) is 5.95. The lowest BCUT2D eigenvalue weighted by atomic mass is 10.1. The van der Waals surface area contributed by atoms with Crippen LogP contribution in [0.15, 0.2) is 24.4 Å². The van der Waals surface area contributed by atoms with Crippen LogP contribution in [-0.4, -0.2) is 65.0 Å². The molecule has 0 radical (unpaired) electrons. The molecule has 0 atom stereocenters. The fraction of sp³-hybridized carbons (Fsp3) is 0.450. The van der Waals surface area contributed by atoms with Gasteiger partial charge in [-0.05, 0) is 31.0 Å². The van der Waals surface area contributed by atoms with Gasteiger partial charge in [-0.1, -0.05) is 23.5 Å². The van der Waals surface area contributed by atoms with E-state index in [1.54, 1.807) is 33.2 Å². The van der Waals surface area contributed by atoms with E-state index in [2.05, 4.69) is 36.0 Å². The molecule has 1 saturated heterocycles. The number of carbonyl (C=O) groups is 1. The minimum atomic E-state index is -0.108. The zero-order valence-electron chi connectivity index (χ0n) is 16.5. The summed E-state index contributed by atoms with van der Waals surface area (Å²) in [7, 11) is 1.82. The van der Waals surface area contributed by atoms with Crippen LogP contribution in [0.5, 0.6) is 0 Å². The van der Waals surface area contributed by atoms with Crippen LogP contribution in [0.1, 0.15) is 21.6 Å². The number of hydrogen-bond acceptors (Lipinski definition) is 6. The molecular formula is C20H25N5O2S. The van der Waals surface area contributed by atoms with Crippen LogP contribution >= 0.6 is 11.3 Å². The van der Waals surface area contributed by atoms with Crippen molar-refractivity contribution >= 4 is 32.6 Å². The molecule has 0 N–H and O–H groups in total. The Morgan fingerprint density at radius 3 is 2.64 bits per heavy atom. The standard InChI is InChI=1S/C20H25N5O2S/c1-14-4-5-15(2)18-17(14)21-20(28-18)25(9-8-24-10-12-27-13-11-24)19(26)16-6-7-23(3)22-16/h4-7H,8-13H2,1-3H3. The third kappa shape index (κ3) is 3.80. The van der Waals surface area contributed by atoms with E-state index in [0.717, 1.165) is 53.8 Å². The van der Waals surface area contributed by atoms with Gasteiger partial charge in [0.25, 0.3) is 5.91 Å². The lowest BCUT2D eigenvalue weighted by Crippen LogP contribution is -2.43. The molecule has 0 aliphatic carbocycles. The summed E-state index contributed by atoms with van der Waals surface area (Å²) in [5.74, 6) is -0.108. The molecule has 0 spiro atoms. The highest BCUT2D eigenvalue weighted by Crippen LogP contribution is 2.33. The van der Waals surface area contributed by atoms with Gasteiger partial charge in [0.05, 0.1) is 23.4 Å². The van der Waals surface area contributed by atoms with E-state index < -0.39 is 0 Å². The van der Waals surface area contributed by atoms with Crippen LogP contribution < -0.4 is 4.90 Å². The Balaban J connectivity index is 1.66. The lowest BCUT2D eigenvalue weighted by molar-refractivity contribution is 0.0391. The van der Waals surface area contributed by atoms with Gasteiger partial charge in [-0.15, -0.1) is 0 Å². The number of aryl methyl sites for hydroxylation is 3. The van der Waals surface area contributed by atoms with Gasteiger partial charge < -0.3 is 4.74 Å². The highest BCUT2D eigenvalue weighted by Gasteiger charge is 2.25. The maximum absolute atomic E-state index is 13.3. The van der Waals surface area contributed by atoms with Crippen molar-refractivity contribution in [2.24, 2.45) is 7.05 Å². The topological polar surface area (TPSA) is 63.5 Å². The van der Waals surface area contributed by atoms with Crippen molar-refractivity contribution in [3.63, 3.8) is 0 Å². The Labute approximate surface area is 168 Å². The smallest absolute Gasteiger partial charge is 0.280 e. The van der Waals surface area contributed by atoms with Gasteiger partial charge in [0, 0.05) is 39.4 Å². The fourth-order valence-electron chi connectivity index (χ4n) is 3.38. The molecular weight excluding hydrogens is 374 g/mol. The number of rotatable bonds is 5. The van der Waals surface area contributed by atoms with Crippen molar-refractivity contribution in [1.29, 1.82) is 0 Å². The number of amides is 1. The third-order valence-electron chi connectivity index (χ3n) is 5.08. The first-order valence-electron chi connectivity index (χ1n) is 9.51. The second-order valence-electron chi connectivity index (χ2n) is 7.16. The Morgan fingerprint density at radius 2 is 1.96 bits per heavy atom. The Bertz CT molecular complexity index is 951. The molecule has 0 unspecified atom stereocenters. The highest BCUT2D eigenvalue weighted by atomic mass is 32.1. The van der Waals surface area contributed by atoms with Crippen molar-refractivity contribution in [1.82, 2.24) is 19.7 Å². The number of hydrogen-bond donors (Lipinski definition) is 0. The molecule has 148 valence electrons. The molecule has 3 aromatic rings. The predicted octanol–water partition coefficient (Wildman–Crippen LogP) is 2.63. The summed E-state index contributed by atoms with van der Waals surface area (Å²) in [6.45, 7) is 8.78. The van der Waals surface area contributed by atoms with Gasteiger partial charge in [0.2, 0.25) is 0 Å². The molecule has 7 nitrogen and oxygen atoms in total. The number of carbonyl (C=O) groups excluding carboxylic acids is 1. The molecule has 28 heavy (non-hydrogen) atoms. The van der Waals surface area contributed by atoms with Crippen LogP contribution in [0.3, 0.4) is 0 Å². The number of fused-ring (bicyclic) bond motifs is 1. The quantitative estimate of drug-likeness (QED) is 0.660. The number of anilines is 1. The van der Waals surface area contributed by atoms with E-state index in [1.165, 1.54) is 5.56 Å². The van der Waals surface area contributed by atoms with E-state index in [1.807, 2.05) is 7.05 Å². The molecule has 0 bridgehead atoms. The summed E-state index contributed by atoms with van der Waals surface area (Å²) >= 11 is 1.58. The number of benzene rings is 1. The number of thiazole rings is 1. The maximum atomic E-state index is 13.3. The monoisotopic (exact) mass is 399 g/mol. The molecule has 8 heteroatoms. The van der Waals surface area contributed by atoms with Crippen LogP contribution in [0.25, 0.3) is 10.2 Å². The van der Waals surface area contributed by atoms with Crippen LogP contribution in [0.4, 0.5) is 5.13 Å². The van der Waals surface area contributed by atoms with Gasteiger partial charge in [0.1, 0.15) is 0 Å². The molecule has 1 fully saturated rings. The Morgan fingerprint density at radius 1 is 1.21 bits per heavy atom. The van der Waals surface area contributed by atoms with E-state index >= 15 is 0 Å². The minimum Gasteiger partial charge on any atom is -0.379 e. The second-order valence-corrected chi connectivity index (χ2v) is 8.14. The largest absolute Gasteiger partial charge is 0.379 e. The molecule has 1 aliphatic rings. The van der Waals surface area contributed by atoms with Crippen molar-refractivity contribution in [2.75, 3.05) is 44.3 Å². The Kier molecular flexibility index (Phi) is 5.43. The molecule has 3 heterocycles. The number of ether oxygens (including phenoxy) is 1. The van der Waals surface area contributed by atoms with Crippen molar-refractivity contribution in [2.45, 2.75) is 13.8 Å². The number of morpholine rings is 1. The van der Waals surface area contributed by atoms with Gasteiger partial charge in [-0.2, -0.15) is 5.10 Å². The molecule has 4 rings (SSSR count). The summed E-state index contributed by atoms with van der Waals surface area (Å²) in [6.07, 6.45) is 1.79. The first-order valence-corrected chi connectivity index (χ1v) is 10.3. The zero-order chi connectivity index (χ0) is 19.7. The highest BCUT2D eigenvalue weighted by molar-refractivity contribution is 7.22. The van der Waals surface area contributed by atoms with E-state index in [9.17, 15) is 4.79 Å². The average Bonchev–Trinajstić information content (AvgIpc) is 3.33. The SMILES string of the molecule is Cc1ccc(C)c2sc(N(CCN3CCOCC3)C(=O)c3ccn(C)n3)nc12. The van der Waals surface area contributed by atoms with Crippen LogP contribution in [0, 0.1) is 13.8 Å². The van der Waals surface area contributed by atoms with E-state index in [4.69, 9.17) is 9.72 Å².